The highest BCUT2D eigenvalue weighted by Crippen LogP contribution is 2.18. The van der Waals surface area contributed by atoms with E-state index in [1.807, 2.05) is 0 Å². The van der Waals surface area contributed by atoms with E-state index < -0.39 is 0 Å². The van der Waals surface area contributed by atoms with Gasteiger partial charge in [0.2, 0.25) is 0 Å². The van der Waals surface area contributed by atoms with Gasteiger partial charge >= 0.3 is 24.2 Å². The van der Waals surface area contributed by atoms with Crippen molar-refractivity contribution >= 4 is 24.2 Å². The first-order chi connectivity index (χ1) is 22.5. The number of urea groups is 2. The van der Waals surface area contributed by atoms with Crippen LogP contribution in [0.15, 0.2) is 0 Å². The molecule has 6 amide bonds. The number of unbranched alkanes of at least 4 members (excludes halogenated alkanes) is 9. The molecule has 2 aliphatic rings. The van der Waals surface area contributed by atoms with E-state index in [0.717, 1.165) is 51.4 Å². The van der Waals surface area contributed by atoms with E-state index in [2.05, 4.69) is 31.9 Å². The third kappa shape index (κ3) is 22.6. The molecule has 0 aromatic carbocycles. The number of nitrogens with one attached hydrogen (secondary N) is 6. The normalized spacial score (nSPS) is 15.4. The molecule has 2 rings (SSSR count). The van der Waals surface area contributed by atoms with Gasteiger partial charge in [-0.1, -0.05) is 89.9 Å². The lowest BCUT2D eigenvalue weighted by atomic mass is 9.96. The second-order valence-corrected chi connectivity index (χ2v) is 12.8. The molecular weight excluding hydrogens is 588 g/mol. The third-order valence-corrected chi connectivity index (χ3v) is 8.71. The maximum Gasteiger partial charge on any atom is 0.407 e. The monoisotopic (exact) mass is 652 g/mol. The van der Waals surface area contributed by atoms with Gasteiger partial charge in [-0.05, 0) is 51.4 Å². The van der Waals surface area contributed by atoms with Gasteiger partial charge < -0.3 is 41.4 Å². The van der Waals surface area contributed by atoms with E-state index in [4.69, 9.17) is 9.47 Å². The summed E-state index contributed by atoms with van der Waals surface area (Å²) < 4.78 is 10.4. The Kier molecular flexibility index (Phi) is 23.2. The molecule has 12 nitrogen and oxygen atoms in total. The molecule has 0 saturated heterocycles. The van der Waals surface area contributed by atoms with Crippen LogP contribution in [-0.4, -0.2) is 75.7 Å². The van der Waals surface area contributed by atoms with Gasteiger partial charge in [0.1, 0.15) is 0 Å². The molecule has 0 atom stereocenters. The van der Waals surface area contributed by atoms with Crippen LogP contribution in [0, 0.1) is 0 Å². The van der Waals surface area contributed by atoms with Gasteiger partial charge in [0.05, 0.1) is 13.2 Å². The fourth-order valence-corrected chi connectivity index (χ4v) is 5.98. The van der Waals surface area contributed by atoms with Crippen LogP contribution in [0.3, 0.4) is 0 Å². The summed E-state index contributed by atoms with van der Waals surface area (Å²) in [5.74, 6) is 0. The van der Waals surface area contributed by atoms with E-state index in [1.54, 1.807) is 0 Å². The molecule has 2 fully saturated rings. The lowest BCUT2D eigenvalue weighted by Crippen LogP contribution is -2.38. The highest BCUT2D eigenvalue weighted by Gasteiger charge is 2.17. The van der Waals surface area contributed by atoms with Gasteiger partial charge in [0, 0.05) is 38.3 Å². The largest absolute Gasteiger partial charge is 0.449 e. The summed E-state index contributed by atoms with van der Waals surface area (Å²) in [7, 11) is 0. The number of hydrogen-bond donors (Lipinski definition) is 6. The number of ether oxygens (including phenoxy) is 2. The standard InChI is InChI=1S/C34H64N6O6/c41-31(37-25-17-27-45-33(43)39-29-19-11-9-12-20-29)35-23-15-7-5-3-1-2-4-6-8-16-24-36-32(42)38-26-18-28-46-34(44)40-30-21-13-10-14-22-30/h29-30H,1-28H2,(H,39,43)(H,40,44)(H2,35,37,41)(H2,36,38,42). The highest BCUT2D eigenvalue weighted by atomic mass is 16.6. The van der Waals surface area contributed by atoms with Crippen molar-refractivity contribution in [3.05, 3.63) is 0 Å². The van der Waals surface area contributed by atoms with Crippen molar-refractivity contribution in [3.63, 3.8) is 0 Å². The predicted molar refractivity (Wildman–Crippen MR) is 181 cm³/mol. The molecule has 0 aromatic rings. The van der Waals surface area contributed by atoms with Crippen LogP contribution in [-0.2, 0) is 9.47 Å². The van der Waals surface area contributed by atoms with Gasteiger partial charge in [-0.25, -0.2) is 19.2 Å². The maximum atomic E-state index is 11.9. The Morgan fingerprint density at radius 3 is 1.07 bits per heavy atom. The van der Waals surface area contributed by atoms with E-state index in [9.17, 15) is 19.2 Å². The summed E-state index contributed by atoms with van der Waals surface area (Å²) in [6, 6.07) is 0.157. The van der Waals surface area contributed by atoms with E-state index in [1.165, 1.54) is 77.0 Å². The Morgan fingerprint density at radius 2 is 0.717 bits per heavy atom. The Bertz CT molecular complexity index is 754. The van der Waals surface area contributed by atoms with Crippen LogP contribution in [0.2, 0.25) is 0 Å². The Hall–Kier alpha value is -2.92. The minimum atomic E-state index is -0.351. The zero-order valence-electron chi connectivity index (χ0n) is 28.4. The second kappa shape index (κ2) is 27.2. The first kappa shape index (κ1) is 39.3. The van der Waals surface area contributed by atoms with Gasteiger partial charge in [0.25, 0.3) is 0 Å². The van der Waals surface area contributed by atoms with Crippen molar-refractivity contribution in [2.24, 2.45) is 0 Å². The Morgan fingerprint density at radius 1 is 0.413 bits per heavy atom. The van der Waals surface area contributed by atoms with Crippen LogP contribution in [0.1, 0.15) is 141 Å². The molecule has 6 N–H and O–H groups in total. The predicted octanol–water partition coefficient (Wildman–Crippen LogP) is 6.38. The summed E-state index contributed by atoms with van der Waals surface area (Å²) in [4.78, 5) is 47.4. The average Bonchev–Trinajstić information content (AvgIpc) is 3.05. The van der Waals surface area contributed by atoms with Gasteiger partial charge in [0.15, 0.2) is 0 Å². The van der Waals surface area contributed by atoms with Crippen molar-refractivity contribution in [3.8, 4) is 0 Å². The number of alkyl carbamates (subject to hydrolysis) is 2. The average molecular weight is 653 g/mol. The maximum absolute atomic E-state index is 11.9. The summed E-state index contributed by atoms with van der Waals surface area (Å²) in [6.45, 7) is 2.91. The topological polar surface area (TPSA) is 159 Å². The molecule has 266 valence electrons. The molecule has 2 saturated carbocycles. The van der Waals surface area contributed by atoms with Gasteiger partial charge in [-0.2, -0.15) is 0 Å². The summed E-state index contributed by atoms with van der Waals surface area (Å²) in [5, 5.41) is 17.2. The van der Waals surface area contributed by atoms with Crippen LogP contribution < -0.4 is 31.9 Å². The molecule has 0 aromatic heterocycles. The quantitative estimate of drug-likeness (QED) is 0.0703. The molecule has 0 spiro atoms. The molecular formula is C34H64N6O6. The molecule has 0 aliphatic heterocycles. The summed E-state index contributed by atoms with van der Waals surface area (Å²) in [5.41, 5.74) is 0. The Balaban J connectivity index is 1.23. The minimum absolute atomic E-state index is 0.167. The molecule has 0 bridgehead atoms. The van der Waals surface area contributed by atoms with Crippen molar-refractivity contribution in [1.82, 2.24) is 31.9 Å². The third-order valence-electron chi connectivity index (χ3n) is 8.71. The van der Waals surface area contributed by atoms with Crippen molar-refractivity contribution in [1.29, 1.82) is 0 Å². The number of rotatable bonds is 23. The molecule has 0 heterocycles. The van der Waals surface area contributed by atoms with Crippen molar-refractivity contribution in [2.45, 2.75) is 153 Å². The lowest BCUT2D eigenvalue weighted by molar-refractivity contribution is 0.137. The fraction of sp³-hybridized carbons (Fsp3) is 0.882. The zero-order valence-corrected chi connectivity index (χ0v) is 28.4. The van der Waals surface area contributed by atoms with E-state index in [0.29, 0.717) is 52.2 Å². The molecule has 0 unspecified atom stereocenters. The second-order valence-electron chi connectivity index (χ2n) is 12.8. The van der Waals surface area contributed by atoms with Crippen LogP contribution in [0.5, 0.6) is 0 Å². The minimum Gasteiger partial charge on any atom is -0.449 e. The first-order valence-corrected chi connectivity index (χ1v) is 18.4. The van der Waals surface area contributed by atoms with Crippen LogP contribution in [0.4, 0.5) is 19.2 Å². The molecule has 2 aliphatic carbocycles. The van der Waals surface area contributed by atoms with Gasteiger partial charge in [-0.3, -0.25) is 0 Å². The van der Waals surface area contributed by atoms with Crippen molar-refractivity contribution < 1.29 is 28.7 Å². The first-order valence-electron chi connectivity index (χ1n) is 18.4. The van der Waals surface area contributed by atoms with Crippen molar-refractivity contribution in [2.75, 3.05) is 39.4 Å². The number of carbonyl (C=O) groups is 4. The number of hydrogen-bond acceptors (Lipinski definition) is 6. The molecule has 0 radical (unpaired) electrons. The SMILES string of the molecule is O=C(NCCCCCCCCCCCCNC(=O)NCCCOC(=O)NC1CCCCC1)NCCCOC(=O)NC1CCCCC1. The van der Waals surface area contributed by atoms with E-state index in [-0.39, 0.29) is 36.3 Å². The smallest absolute Gasteiger partial charge is 0.407 e. The highest BCUT2D eigenvalue weighted by molar-refractivity contribution is 5.74. The fourth-order valence-electron chi connectivity index (χ4n) is 5.98. The van der Waals surface area contributed by atoms with E-state index >= 15 is 0 Å². The van der Waals surface area contributed by atoms with Crippen LogP contribution in [0.25, 0.3) is 0 Å². The zero-order chi connectivity index (χ0) is 32.9. The number of amides is 6. The summed E-state index contributed by atoms with van der Waals surface area (Å²) >= 11 is 0. The molecule has 12 heteroatoms. The Labute approximate surface area is 277 Å². The van der Waals surface area contributed by atoms with Gasteiger partial charge in [-0.15, -0.1) is 0 Å². The number of carbonyl (C=O) groups excluding carboxylic acids is 4. The van der Waals surface area contributed by atoms with Crippen LogP contribution >= 0.6 is 0 Å². The summed E-state index contributed by atoms with van der Waals surface area (Å²) in [6.07, 6.45) is 23.2. The lowest BCUT2D eigenvalue weighted by Gasteiger charge is -2.22. The molecule has 46 heavy (non-hydrogen) atoms.